The van der Waals surface area contributed by atoms with Gasteiger partial charge in [0.2, 0.25) is 5.75 Å². The summed E-state index contributed by atoms with van der Waals surface area (Å²) in [7, 11) is 4.81. The molecule has 0 aliphatic rings. The van der Waals surface area contributed by atoms with Crippen LogP contribution in [0.25, 0.3) is 0 Å². The van der Waals surface area contributed by atoms with E-state index >= 15 is 0 Å². The summed E-state index contributed by atoms with van der Waals surface area (Å²) in [6.07, 6.45) is 1.66. The number of benzene rings is 1. The minimum Gasteiger partial charge on any atom is -0.493 e. The van der Waals surface area contributed by atoms with Crippen molar-refractivity contribution >= 4 is 0 Å². The van der Waals surface area contributed by atoms with Crippen LogP contribution in [0.1, 0.15) is 18.9 Å². The van der Waals surface area contributed by atoms with Crippen LogP contribution in [0, 0.1) is 5.92 Å². The van der Waals surface area contributed by atoms with E-state index in [0.29, 0.717) is 23.2 Å². The number of ether oxygens (including phenoxy) is 3. The first kappa shape index (κ1) is 14.6. The number of hydrogen-bond acceptors (Lipinski definition) is 4. The average molecular weight is 254 g/mol. The van der Waals surface area contributed by atoms with Crippen LogP contribution in [0.4, 0.5) is 0 Å². The van der Waals surface area contributed by atoms with E-state index in [1.807, 2.05) is 12.1 Å². The molecule has 0 aromatic heterocycles. The topological polar surface area (TPSA) is 47.9 Å². The van der Waals surface area contributed by atoms with Crippen LogP contribution in [0.3, 0.4) is 0 Å². The first-order valence-electron chi connectivity index (χ1n) is 6.06. The van der Waals surface area contributed by atoms with Gasteiger partial charge in [-0.2, -0.15) is 0 Å². The number of aliphatic hydroxyl groups excluding tert-OH is 1. The van der Waals surface area contributed by atoms with E-state index in [4.69, 9.17) is 19.3 Å². The zero-order valence-electron chi connectivity index (χ0n) is 11.5. The minimum absolute atomic E-state index is 0.214. The number of aliphatic hydroxyl groups is 1. The van der Waals surface area contributed by atoms with Gasteiger partial charge in [-0.05, 0) is 36.5 Å². The summed E-state index contributed by atoms with van der Waals surface area (Å²) in [4.78, 5) is 0. The van der Waals surface area contributed by atoms with Gasteiger partial charge in [0.25, 0.3) is 0 Å². The Kier molecular flexibility index (Phi) is 5.78. The van der Waals surface area contributed by atoms with Gasteiger partial charge in [-0.1, -0.05) is 6.92 Å². The zero-order valence-corrected chi connectivity index (χ0v) is 11.5. The quantitative estimate of drug-likeness (QED) is 0.811. The lowest BCUT2D eigenvalue weighted by atomic mass is 9.98. The molecule has 0 spiro atoms. The molecule has 1 aromatic carbocycles. The number of hydrogen-bond donors (Lipinski definition) is 1. The van der Waals surface area contributed by atoms with Gasteiger partial charge in [0.05, 0.1) is 21.3 Å². The number of methoxy groups -OCH3 is 3. The molecule has 4 heteroatoms. The monoisotopic (exact) mass is 254 g/mol. The van der Waals surface area contributed by atoms with Crippen LogP contribution in [-0.4, -0.2) is 33.0 Å². The lowest BCUT2D eigenvalue weighted by molar-refractivity contribution is 0.262. The molecule has 0 saturated heterocycles. The molecule has 1 aromatic rings. The molecule has 0 fully saturated rings. The Morgan fingerprint density at radius 1 is 1.06 bits per heavy atom. The highest BCUT2D eigenvalue weighted by Gasteiger charge is 2.14. The van der Waals surface area contributed by atoms with Crippen LogP contribution < -0.4 is 14.2 Å². The summed E-state index contributed by atoms with van der Waals surface area (Å²) in [6, 6.07) is 3.91. The van der Waals surface area contributed by atoms with Crippen molar-refractivity contribution in [1.29, 1.82) is 0 Å². The normalized spacial score (nSPS) is 12.1. The van der Waals surface area contributed by atoms with E-state index in [1.165, 1.54) is 0 Å². The molecule has 0 unspecified atom stereocenters. The third-order valence-corrected chi connectivity index (χ3v) is 2.93. The van der Waals surface area contributed by atoms with Crippen molar-refractivity contribution in [1.82, 2.24) is 0 Å². The third-order valence-electron chi connectivity index (χ3n) is 2.93. The van der Waals surface area contributed by atoms with E-state index in [2.05, 4.69) is 6.92 Å². The standard InChI is InChI=1S/C14H22O4/c1-10(5-6-15)7-11-8-12(16-2)14(18-4)13(9-11)17-3/h8-10,15H,5-7H2,1-4H3/t10-/m1/s1. The van der Waals surface area contributed by atoms with Gasteiger partial charge in [0, 0.05) is 6.61 Å². The largest absolute Gasteiger partial charge is 0.493 e. The molecule has 0 radical (unpaired) electrons. The molecule has 0 bridgehead atoms. The molecule has 0 heterocycles. The Bertz CT molecular complexity index is 351. The molecule has 1 atom stereocenters. The lowest BCUT2D eigenvalue weighted by Crippen LogP contribution is -2.04. The number of rotatable bonds is 7. The summed E-state index contributed by atoms with van der Waals surface area (Å²) >= 11 is 0. The van der Waals surface area contributed by atoms with Gasteiger partial charge in [0.1, 0.15) is 0 Å². The van der Waals surface area contributed by atoms with E-state index in [0.717, 1.165) is 18.4 Å². The van der Waals surface area contributed by atoms with Crippen molar-refractivity contribution in [3.05, 3.63) is 17.7 Å². The summed E-state index contributed by atoms with van der Waals surface area (Å²) in [5.41, 5.74) is 1.12. The van der Waals surface area contributed by atoms with Crippen molar-refractivity contribution in [3.8, 4) is 17.2 Å². The first-order valence-corrected chi connectivity index (χ1v) is 6.06. The molecular weight excluding hydrogens is 232 g/mol. The highest BCUT2D eigenvalue weighted by molar-refractivity contribution is 5.53. The Hall–Kier alpha value is -1.42. The molecular formula is C14H22O4. The average Bonchev–Trinajstić information content (AvgIpc) is 2.37. The fourth-order valence-corrected chi connectivity index (χ4v) is 1.98. The molecule has 102 valence electrons. The third kappa shape index (κ3) is 3.53. The van der Waals surface area contributed by atoms with E-state index in [1.54, 1.807) is 21.3 Å². The van der Waals surface area contributed by atoms with Crippen molar-refractivity contribution in [2.45, 2.75) is 19.8 Å². The maximum Gasteiger partial charge on any atom is 0.203 e. The van der Waals surface area contributed by atoms with Crippen molar-refractivity contribution in [3.63, 3.8) is 0 Å². The lowest BCUT2D eigenvalue weighted by Gasteiger charge is -2.16. The minimum atomic E-state index is 0.214. The molecule has 0 aliphatic carbocycles. The highest BCUT2D eigenvalue weighted by Crippen LogP contribution is 2.38. The smallest absolute Gasteiger partial charge is 0.203 e. The predicted molar refractivity (Wildman–Crippen MR) is 70.7 cm³/mol. The van der Waals surface area contributed by atoms with Gasteiger partial charge >= 0.3 is 0 Å². The van der Waals surface area contributed by atoms with Gasteiger partial charge in [-0.15, -0.1) is 0 Å². The fourth-order valence-electron chi connectivity index (χ4n) is 1.98. The van der Waals surface area contributed by atoms with Crippen LogP contribution in [0.15, 0.2) is 12.1 Å². The van der Waals surface area contributed by atoms with Gasteiger partial charge < -0.3 is 19.3 Å². The Labute approximate surface area is 108 Å². The maximum absolute atomic E-state index is 8.93. The first-order chi connectivity index (χ1) is 8.65. The second-order valence-electron chi connectivity index (χ2n) is 4.36. The van der Waals surface area contributed by atoms with Crippen LogP contribution in [-0.2, 0) is 6.42 Å². The Balaban J connectivity index is 2.99. The molecule has 0 amide bonds. The fraction of sp³-hybridized carbons (Fsp3) is 0.571. The predicted octanol–water partition coefficient (Wildman–Crippen LogP) is 2.27. The molecule has 18 heavy (non-hydrogen) atoms. The second kappa shape index (κ2) is 7.11. The van der Waals surface area contributed by atoms with Crippen molar-refractivity contribution in [2.24, 2.45) is 5.92 Å². The van der Waals surface area contributed by atoms with Crippen LogP contribution in [0.2, 0.25) is 0 Å². The van der Waals surface area contributed by atoms with Crippen molar-refractivity contribution < 1.29 is 19.3 Å². The summed E-state index contributed by atoms with van der Waals surface area (Å²) in [5, 5.41) is 8.93. The van der Waals surface area contributed by atoms with E-state index < -0.39 is 0 Å². The SMILES string of the molecule is COc1cc(C[C@H](C)CCO)cc(OC)c1OC. The second-order valence-corrected chi connectivity index (χ2v) is 4.36. The van der Waals surface area contributed by atoms with E-state index in [-0.39, 0.29) is 6.61 Å². The maximum atomic E-state index is 8.93. The van der Waals surface area contributed by atoms with Crippen LogP contribution >= 0.6 is 0 Å². The summed E-state index contributed by atoms with van der Waals surface area (Å²) < 4.78 is 15.9. The summed E-state index contributed by atoms with van der Waals surface area (Å²) in [6.45, 7) is 2.32. The Morgan fingerprint density at radius 3 is 2.00 bits per heavy atom. The summed E-state index contributed by atoms with van der Waals surface area (Å²) in [5.74, 6) is 2.36. The molecule has 4 nitrogen and oxygen atoms in total. The van der Waals surface area contributed by atoms with E-state index in [9.17, 15) is 0 Å². The van der Waals surface area contributed by atoms with Gasteiger partial charge in [-0.3, -0.25) is 0 Å². The molecule has 0 aliphatic heterocycles. The van der Waals surface area contributed by atoms with Gasteiger partial charge in [0.15, 0.2) is 11.5 Å². The zero-order chi connectivity index (χ0) is 13.5. The highest BCUT2D eigenvalue weighted by atomic mass is 16.5. The van der Waals surface area contributed by atoms with Crippen molar-refractivity contribution in [2.75, 3.05) is 27.9 Å². The molecule has 1 N–H and O–H groups in total. The van der Waals surface area contributed by atoms with Crippen LogP contribution in [0.5, 0.6) is 17.2 Å². The molecule has 0 saturated carbocycles. The Morgan fingerprint density at radius 2 is 1.61 bits per heavy atom. The molecule has 1 rings (SSSR count). The van der Waals surface area contributed by atoms with Gasteiger partial charge in [-0.25, -0.2) is 0 Å².